The van der Waals surface area contributed by atoms with E-state index < -0.39 is 10.0 Å². The first-order valence-electron chi connectivity index (χ1n) is 7.26. The Hall–Kier alpha value is -2.23. The van der Waals surface area contributed by atoms with Crippen molar-refractivity contribution in [3.8, 4) is 0 Å². The summed E-state index contributed by atoms with van der Waals surface area (Å²) in [6.45, 7) is 3.89. The SMILES string of the molecule is Cc1cccc(NC(=O)c2csc(NS(=O)(=O)c3cccs3)n2)c1C. The van der Waals surface area contributed by atoms with Crippen molar-refractivity contribution in [2.75, 3.05) is 10.0 Å². The van der Waals surface area contributed by atoms with Crippen LogP contribution in [0, 0.1) is 13.8 Å². The van der Waals surface area contributed by atoms with Crippen LogP contribution in [-0.4, -0.2) is 19.3 Å². The van der Waals surface area contributed by atoms with Gasteiger partial charge in [-0.15, -0.1) is 22.7 Å². The Balaban J connectivity index is 1.75. The van der Waals surface area contributed by atoms with Crippen LogP contribution in [0.15, 0.2) is 45.3 Å². The first kappa shape index (κ1) is 17.6. The van der Waals surface area contributed by atoms with Gasteiger partial charge in [0.1, 0.15) is 9.90 Å². The molecule has 3 aromatic rings. The zero-order chi connectivity index (χ0) is 18.0. The predicted octanol–water partition coefficient (Wildman–Crippen LogP) is 3.87. The van der Waals surface area contributed by atoms with E-state index in [0.29, 0.717) is 5.69 Å². The van der Waals surface area contributed by atoms with Crippen LogP contribution in [0.2, 0.25) is 0 Å². The summed E-state index contributed by atoms with van der Waals surface area (Å²) in [4.78, 5) is 16.4. The van der Waals surface area contributed by atoms with Crippen molar-refractivity contribution in [1.82, 2.24) is 4.98 Å². The number of rotatable bonds is 5. The highest BCUT2D eigenvalue weighted by Crippen LogP contribution is 2.24. The summed E-state index contributed by atoms with van der Waals surface area (Å²) in [7, 11) is -3.67. The summed E-state index contributed by atoms with van der Waals surface area (Å²) in [5, 5.41) is 6.15. The van der Waals surface area contributed by atoms with E-state index in [0.717, 1.165) is 33.8 Å². The maximum absolute atomic E-state index is 12.3. The molecule has 2 heterocycles. The number of hydrogen-bond donors (Lipinski definition) is 2. The average molecular weight is 394 g/mol. The summed E-state index contributed by atoms with van der Waals surface area (Å²) in [6, 6.07) is 8.80. The maximum Gasteiger partial charge on any atom is 0.275 e. The molecule has 130 valence electrons. The van der Waals surface area contributed by atoms with Gasteiger partial charge in [-0.3, -0.25) is 9.52 Å². The molecular weight excluding hydrogens is 378 g/mol. The van der Waals surface area contributed by atoms with Crippen LogP contribution in [0.25, 0.3) is 0 Å². The second-order valence-electron chi connectivity index (χ2n) is 5.28. The van der Waals surface area contributed by atoms with E-state index in [1.54, 1.807) is 11.4 Å². The lowest BCUT2D eigenvalue weighted by Crippen LogP contribution is -2.15. The van der Waals surface area contributed by atoms with E-state index >= 15 is 0 Å². The summed E-state index contributed by atoms with van der Waals surface area (Å²) in [6.07, 6.45) is 0. The fraction of sp³-hybridized carbons (Fsp3) is 0.125. The largest absolute Gasteiger partial charge is 0.320 e. The molecule has 0 spiro atoms. The van der Waals surface area contributed by atoms with Crippen LogP contribution < -0.4 is 10.0 Å². The Bertz CT molecular complexity index is 1010. The molecule has 9 heteroatoms. The van der Waals surface area contributed by atoms with Crippen LogP contribution in [0.5, 0.6) is 0 Å². The molecule has 0 bridgehead atoms. The number of aryl methyl sites for hydroxylation is 1. The molecule has 0 unspecified atom stereocenters. The molecule has 2 N–H and O–H groups in total. The van der Waals surface area contributed by atoms with Gasteiger partial charge in [0.05, 0.1) is 0 Å². The number of nitrogens with zero attached hydrogens (tertiary/aromatic N) is 1. The quantitative estimate of drug-likeness (QED) is 0.689. The maximum atomic E-state index is 12.3. The van der Waals surface area contributed by atoms with E-state index in [-0.39, 0.29) is 20.9 Å². The lowest BCUT2D eigenvalue weighted by Gasteiger charge is -2.09. The molecule has 0 aliphatic carbocycles. The zero-order valence-electron chi connectivity index (χ0n) is 13.4. The van der Waals surface area contributed by atoms with Gasteiger partial charge in [-0.2, -0.15) is 0 Å². The molecule has 0 saturated heterocycles. The Morgan fingerprint density at radius 1 is 1.12 bits per heavy atom. The Labute approximate surface area is 153 Å². The van der Waals surface area contributed by atoms with Gasteiger partial charge in [0.15, 0.2) is 5.13 Å². The number of anilines is 2. The predicted molar refractivity (Wildman–Crippen MR) is 101 cm³/mol. The molecule has 0 radical (unpaired) electrons. The molecule has 2 aromatic heterocycles. The van der Waals surface area contributed by atoms with Crippen LogP contribution in [-0.2, 0) is 10.0 Å². The minimum atomic E-state index is -3.67. The second-order valence-corrected chi connectivity index (χ2v) is 8.99. The molecule has 3 rings (SSSR count). The van der Waals surface area contributed by atoms with Gasteiger partial charge < -0.3 is 5.32 Å². The summed E-state index contributed by atoms with van der Waals surface area (Å²) in [5.41, 5.74) is 2.92. The number of amides is 1. The fourth-order valence-electron chi connectivity index (χ4n) is 2.08. The monoisotopic (exact) mass is 393 g/mol. The molecule has 0 aliphatic rings. The molecular formula is C16H15N3O3S3. The number of carbonyl (C=O) groups excluding carboxylic acids is 1. The minimum Gasteiger partial charge on any atom is -0.320 e. The zero-order valence-corrected chi connectivity index (χ0v) is 15.9. The van der Waals surface area contributed by atoms with Crippen LogP contribution in [0.4, 0.5) is 10.8 Å². The first-order chi connectivity index (χ1) is 11.9. The van der Waals surface area contributed by atoms with Crippen molar-refractivity contribution in [1.29, 1.82) is 0 Å². The number of aromatic nitrogens is 1. The highest BCUT2D eigenvalue weighted by molar-refractivity contribution is 7.94. The van der Waals surface area contributed by atoms with E-state index in [1.165, 1.54) is 11.4 Å². The molecule has 0 aliphatic heterocycles. The van der Waals surface area contributed by atoms with Gasteiger partial charge in [-0.05, 0) is 42.5 Å². The fourth-order valence-corrected chi connectivity index (χ4v) is 5.02. The summed E-state index contributed by atoms with van der Waals surface area (Å²) < 4.78 is 26.9. The molecule has 6 nitrogen and oxygen atoms in total. The molecule has 0 fully saturated rings. The normalized spacial score (nSPS) is 11.3. The van der Waals surface area contributed by atoms with Crippen molar-refractivity contribution < 1.29 is 13.2 Å². The molecule has 1 aromatic carbocycles. The standard InChI is InChI=1S/C16H15N3O3S3/c1-10-5-3-6-12(11(10)2)17-15(20)13-9-24-16(18-13)19-25(21,22)14-7-4-8-23-14/h3-9H,1-2H3,(H,17,20)(H,18,19). The van der Waals surface area contributed by atoms with Gasteiger partial charge in [0.25, 0.3) is 15.9 Å². The number of sulfonamides is 1. The van der Waals surface area contributed by atoms with Crippen molar-refractivity contribution >= 4 is 49.4 Å². The highest BCUT2D eigenvalue weighted by Gasteiger charge is 2.19. The van der Waals surface area contributed by atoms with Gasteiger partial charge in [0.2, 0.25) is 0 Å². The number of thiophene rings is 1. The third-order valence-electron chi connectivity index (χ3n) is 3.57. The van der Waals surface area contributed by atoms with Gasteiger partial charge >= 0.3 is 0 Å². The number of benzene rings is 1. The van der Waals surface area contributed by atoms with Gasteiger partial charge in [-0.25, -0.2) is 13.4 Å². The third kappa shape index (κ3) is 3.89. The van der Waals surface area contributed by atoms with Crippen LogP contribution in [0.1, 0.15) is 21.6 Å². The van der Waals surface area contributed by atoms with Crippen molar-refractivity contribution in [3.63, 3.8) is 0 Å². The first-order valence-corrected chi connectivity index (χ1v) is 10.5. The molecule has 1 amide bonds. The van der Waals surface area contributed by atoms with E-state index in [4.69, 9.17) is 0 Å². The van der Waals surface area contributed by atoms with E-state index in [9.17, 15) is 13.2 Å². The number of carbonyl (C=O) groups is 1. The lowest BCUT2D eigenvalue weighted by molar-refractivity contribution is 0.102. The van der Waals surface area contributed by atoms with Crippen molar-refractivity contribution in [2.45, 2.75) is 18.1 Å². The molecule has 0 saturated carbocycles. The second kappa shape index (κ2) is 6.95. The van der Waals surface area contributed by atoms with Gasteiger partial charge in [0, 0.05) is 11.1 Å². The Morgan fingerprint density at radius 2 is 1.92 bits per heavy atom. The topological polar surface area (TPSA) is 88.2 Å². The lowest BCUT2D eigenvalue weighted by atomic mass is 10.1. The van der Waals surface area contributed by atoms with Crippen molar-refractivity contribution in [3.05, 3.63) is 57.9 Å². The third-order valence-corrected chi connectivity index (χ3v) is 7.19. The smallest absolute Gasteiger partial charge is 0.275 e. The Morgan fingerprint density at radius 3 is 2.64 bits per heavy atom. The number of thiazole rings is 1. The number of nitrogens with one attached hydrogen (secondary N) is 2. The van der Waals surface area contributed by atoms with Crippen molar-refractivity contribution in [2.24, 2.45) is 0 Å². The minimum absolute atomic E-state index is 0.152. The summed E-state index contributed by atoms with van der Waals surface area (Å²) >= 11 is 2.18. The van der Waals surface area contributed by atoms with Crippen LogP contribution >= 0.6 is 22.7 Å². The van der Waals surface area contributed by atoms with Crippen LogP contribution in [0.3, 0.4) is 0 Å². The van der Waals surface area contributed by atoms with E-state index in [1.807, 2.05) is 32.0 Å². The van der Waals surface area contributed by atoms with E-state index in [2.05, 4.69) is 15.0 Å². The molecule has 0 atom stereocenters. The highest BCUT2D eigenvalue weighted by atomic mass is 32.2. The molecule has 25 heavy (non-hydrogen) atoms. The number of hydrogen-bond acceptors (Lipinski definition) is 6. The average Bonchev–Trinajstić information content (AvgIpc) is 3.23. The Kier molecular flexibility index (Phi) is 4.89. The van der Waals surface area contributed by atoms with Gasteiger partial charge in [-0.1, -0.05) is 18.2 Å². The summed E-state index contributed by atoms with van der Waals surface area (Å²) in [5.74, 6) is -0.383.